The largest absolute Gasteiger partial charge is 0.352 e. The second kappa shape index (κ2) is 7.25. The average molecular weight is 353 g/mol. The maximum atomic E-state index is 12.0. The Morgan fingerprint density at radius 1 is 1.13 bits per heavy atom. The molecule has 122 valence electrons. The molecule has 9 heteroatoms. The fraction of sp³-hybridized carbons (Fsp3) is 0.143. The van der Waals surface area contributed by atoms with Crippen LogP contribution in [0.15, 0.2) is 46.0 Å². The van der Waals surface area contributed by atoms with Crippen LogP contribution in [0, 0.1) is 0 Å². The Balaban J connectivity index is 1.99. The number of nitrogens with two attached hydrogens (primary N) is 1. The summed E-state index contributed by atoms with van der Waals surface area (Å²) < 4.78 is 25.6. The summed E-state index contributed by atoms with van der Waals surface area (Å²) in [4.78, 5) is 22.7. The van der Waals surface area contributed by atoms with Crippen LogP contribution in [0.5, 0.6) is 0 Å². The number of benzene rings is 1. The smallest absolute Gasteiger partial charge is 0.326 e. The number of nitrogens with one attached hydrogen (secondary N) is 2. The molecule has 23 heavy (non-hydrogen) atoms. The SMILES string of the molecule is NC(=O)NS(=O)(=O)c1sccc1CCNC(=O)c1ccccc1. The summed E-state index contributed by atoms with van der Waals surface area (Å²) in [7, 11) is -3.97. The number of carbonyl (C=O) groups is 2. The van der Waals surface area contributed by atoms with E-state index in [4.69, 9.17) is 5.73 Å². The van der Waals surface area contributed by atoms with Gasteiger partial charge in [-0.1, -0.05) is 18.2 Å². The molecule has 0 saturated carbocycles. The molecule has 7 nitrogen and oxygen atoms in total. The first-order valence-corrected chi connectivity index (χ1v) is 8.98. The summed E-state index contributed by atoms with van der Waals surface area (Å²) in [6.07, 6.45) is 0.317. The molecule has 4 N–H and O–H groups in total. The van der Waals surface area contributed by atoms with Gasteiger partial charge in [0.05, 0.1) is 0 Å². The van der Waals surface area contributed by atoms with Crippen molar-refractivity contribution in [1.29, 1.82) is 0 Å². The summed E-state index contributed by atoms with van der Waals surface area (Å²) in [5, 5.41) is 4.32. The zero-order chi connectivity index (χ0) is 16.9. The van der Waals surface area contributed by atoms with Gasteiger partial charge in [-0.2, -0.15) is 0 Å². The quantitative estimate of drug-likeness (QED) is 0.720. The Hall–Kier alpha value is -2.39. The predicted octanol–water partition coefficient (Wildman–Crippen LogP) is 1.08. The number of amides is 3. The van der Waals surface area contributed by atoms with E-state index in [-0.39, 0.29) is 16.7 Å². The van der Waals surface area contributed by atoms with Gasteiger partial charge in [0, 0.05) is 12.1 Å². The third kappa shape index (κ3) is 4.54. The minimum absolute atomic E-state index is 0.0188. The lowest BCUT2D eigenvalue weighted by Crippen LogP contribution is -2.35. The number of primary amides is 1. The summed E-state index contributed by atoms with van der Waals surface area (Å²) >= 11 is 0.983. The fourth-order valence-corrected chi connectivity index (χ4v) is 4.27. The van der Waals surface area contributed by atoms with Crippen molar-refractivity contribution in [2.75, 3.05) is 6.54 Å². The number of hydrogen-bond acceptors (Lipinski definition) is 5. The van der Waals surface area contributed by atoms with Crippen LogP contribution in [0.1, 0.15) is 15.9 Å². The highest BCUT2D eigenvalue weighted by Crippen LogP contribution is 2.22. The minimum atomic E-state index is -3.97. The van der Waals surface area contributed by atoms with Crippen LogP contribution < -0.4 is 15.8 Å². The number of urea groups is 1. The molecular formula is C14H15N3O4S2. The third-order valence-corrected chi connectivity index (χ3v) is 5.82. The van der Waals surface area contributed by atoms with Gasteiger partial charge in [0.1, 0.15) is 4.21 Å². The molecule has 0 radical (unpaired) electrons. The zero-order valence-corrected chi connectivity index (χ0v) is 13.6. The molecule has 0 unspecified atom stereocenters. The molecule has 0 atom stereocenters. The number of carbonyl (C=O) groups excluding carboxylic acids is 2. The van der Waals surface area contributed by atoms with E-state index in [2.05, 4.69) is 5.32 Å². The van der Waals surface area contributed by atoms with E-state index in [9.17, 15) is 18.0 Å². The summed E-state index contributed by atoms with van der Waals surface area (Å²) in [5.74, 6) is -0.236. The molecule has 0 fully saturated rings. The standard InChI is InChI=1S/C14H15N3O4S2/c15-14(19)17-23(20,21)13-11(7-9-22-13)6-8-16-12(18)10-4-2-1-3-5-10/h1-5,7,9H,6,8H2,(H,16,18)(H3,15,17,19). The summed E-state index contributed by atoms with van der Waals surface area (Å²) in [6, 6.07) is 9.20. The highest BCUT2D eigenvalue weighted by atomic mass is 32.2. The topological polar surface area (TPSA) is 118 Å². The van der Waals surface area contributed by atoms with Gasteiger partial charge in [-0.3, -0.25) is 4.79 Å². The Bertz CT molecular complexity index is 800. The molecule has 0 aliphatic heterocycles. The summed E-state index contributed by atoms with van der Waals surface area (Å²) in [5.41, 5.74) is 5.90. The van der Waals surface area contributed by atoms with Crippen LogP contribution in [-0.2, 0) is 16.4 Å². The second-order valence-corrected chi connectivity index (χ2v) is 7.37. The maximum absolute atomic E-state index is 12.0. The van der Waals surface area contributed by atoms with Gasteiger partial charge in [-0.25, -0.2) is 17.9 Å². The van der Waals surface area contributed by atoms with Crippen LogP contribution in [0.3, 0.4) is 0 Å². The predicted molar refractivity (Wildman–Crippen MR) is 86.7 cm³/mol. The lowest BCUT2D eigenvalue weighted by atomic mass is 10.2. The Labute approximate surface area is 137 Å². The first kappa shape index (κ1) is 17.0. The van der Waals surface area contributed by atoms with Crippen LogP contribution >= 0.6 is 11.3 Å². The highest BCUT2D eigenvalue weighted by molar-refractivity contribution is 7.92. The lowest BCUT2D eigenvalue weighted by Gasteiger charge is -2.07. The van der Waals surface area contributed by atoms with Gasteiger partial charge in [0.2, 0.25) is 0 Å². The van der Waals surface area contributed by atoms with Gasteiger partial charge in [0.15, 0.2) is 0 Å². The van der Waals surface area contributed by atoms with E-state index in [1.165, 1.54) is 0 Å². The summed E-state index contributed by atoms with van der Waals surface area (Å²) in [6.45, 7) is 0.267. The van der Waals surface area contributed by atoms with Crippen molar-refractivity contribution in [1.82, 2.24) is 10.0 Å². The molecule has 2 rings (SSSR count). The molecule has 3 amide bonds. The minimum Gasteiger partial charge on any atom is -0.352 e. The van der Waals surface area contributed by atoms with Crippen molar-refractivity contribution in [3.05, 3.63) is 52.9 Å². The Kier molecular flexibility index (Phi) is 5.35. The molecule has 0 aliphatic carbocycles. The van der Waals surface area contributed by atoms with E-state index >= 15 is 0 Å². The number of rotatable bonds is 6. The zero-order valence-electron chi connectivity index (χ0n) is 12.0. The lowest BCUT2D eigenvalue weighted by molar-refractivity contribution is 0.0954. The first-order chi connectivity index (χ1) is 10.9. The van der Waals surface area contributed by atoms with Crippen molar-refractivity contribution in [2.45, 2.75) is 10.6 Å². The second-order valence-electron chi connectivity index (χ2n) is 4.57. The number of sulfonamides is 1. The van der Waals surface area contributed by atoms with E-state index in [1.807, 2.05) is 6.07 Å². The molecule has 1 heterocycles. The monoisotopic (exact) mass is 353 g/mol. The van der Waals surface area contributed by atoms with Crippen molar-refractivity contribution in [2.24, 2.45) is 5.73 Å². The van der Waals surface area contributed by atoms with Crippen molar-refractivity contribution in [3.63, 3.8) is 0 Å². The molecule has 1 aromatic heterocycles. The van der Waals surface area contributed by atoms with E-state index in [1.54, 1.807) is 40.4 Å². The third-order valence-electron chi connectivity index (χ3n) is 2.90. The van der Waals surface area contributed by atoms with Crippen LogP contribution in [-0.4, -0.2) is 26.9 Å². The van der Waals surface area contributed by atoms with Crippen molar-refractivity contribution in [3.8, 4) is 0 Å². The number of hydrogen-bond donors (Lipinski definition) is 3. The van der Waals surface area contributed by atoms with E-state index < -0.39 is 16.1 Å². The van der Waals surface area contributed by atoms with Gasteiger partial charge >= 0.3 is 6.03 Å². The van der Waals surface area contributed by atoms with Crippen LogP contribution in [0.25, 0.3) is 0 Å². The highest BCUT2D eigenvalue weighted by Gasteiger charge is 2.21. The van der Waals surface area contributed by atoms with Gasteiger partial charge in [-0.15, -0.1) is 11.3 Å². The fourth-order valence-electron chi connectivity index (χ4n) is 1.92. The average Bonchev–Trinajstić information content (AvgIpc) is 2.96. The molecule has 0 saturated heterocycles. The van der Waals surface area contributed by atoms with Crippen molar-refractivity contribution >= 4 is 33.3 Å². The molecule has 0 spiro atoms. The van der Waals surface area contributed by atoms with Crippen LogP contribution in [0.4, 0.5) is 4.79 Å². The molecule has 1 aromatic carbocycles. The van der Waals surface area contributed by atoms with Gasteiger partial charge in [-0.05, 0) is 35.6 Å². The van der Waals surface area contributed by atoms with Crippen LogP contribution in [0.2, 0.25) is 0 Å². The molecular weight excluding hydrogens is 338 g/mol. The first-order valence-electron chi connectivity index (χ1n) is 6.62. The van der Waals surface area contributed by atoms with Gasteiger partial charge < -0.3 is 11.1 Å². The van der Waals surface area contributed by atoms with Gasteiger partial charge in [0.25, 0.3) is 15.9 Å². The van der Waals surface area contributed by atoms with Crippen molar-refractivity contribution < 1.29 is 18.0 Å². The maximum Gasteiger partial charge on any atom is 0.326 e. The Morgan fingerprint density at radius 2 is 1.83 bits per heavy atom. The number of thiophene rings is 1. The normalized spacial score (nSPS) is 11.0. The van der Waals surface area contributed by atoms with E-state index in [0.29, 0.717) is 17.5 Å². The molecule has 2 aromatic rings. The molecule has 0 aliphatic rings. The molecule has 0 bridgehead atoms. The van der Waals surface area contributed by atoms with E-state index in [0.717, 1.165) is 11.3 Å². The Morgan fingerprint density at radius 3 is 2.48 bits per heavy atom.